The molecule has 0 spiro atoms. The Morgan fingerprint density at radius 1 is 0.708 bits per heavy atom. The number of rotatable bonds is 12. The average Bonchev–Trinajstić information content (AvgIpc) is 3.56. The lowest BCUT2D eigenvalue weighted by Crippen LogP contribution is -2.41. The van der Waals surface area contributed by atoms with Crippen LogP contribution in [0, 0.1) is 0 Å². The highest BCUT2D eigenvalue weighted by Gasteiger charge is 2.28. The van der Waals surface area contributed by atoms with Crippen LogP contribution in [0.25, 0.3) is 39.4 Å². The van der Waals surface area contributed by atoms with Crippen LogP contribution >= 0.6 is 0 Å². The maximum Gasteiger partial charge on any atom is 0.374 e. The molecule has 6 heteroatoms. The van der Waals surface area contributed by atoms with E-state index < -0.39 is 0 Å². The Balaban J connectivity index is 1.35. The first kappa shape index (κ1) is 33.3. The standard InChI is InChI=1S/C42H51N4O2/c1-32(28-41-43(24-14-26-45(2,3)4)37-30-35(20-22-39(37)47-41)33-16-10-8-11-17-33)29-42-44(25-15-27-46(5,6)7)38-31-36(21-23-40(38)48-42)34-18-12-9-13-19-34/h8-13,16-23,28-31H,14-15,24-27H2,1-7H3/q+3. The van der Waals surface area contributed by atoms with Gasteiger partial charge in [0.1, 0.15) is 0 Å². The Hall–Kier alpha value is -4.65. The van der Waals surface area contributed by atoms with Gasteiger partial charge in [0.15, 0.2) is 12.3 Å². The molecule has 0 saturated heterocycles. The van der Waals surface area contributed by atoms with Gasteiger partial charge in [0.25, 0.3) is 5.52 Å². The van der Waals surface area contributed by atoms with Gasteiger partial charge in [-0.3, -0.25) is 0 Å². The van der Waals surface area contributed by atoms with E-state index in [0.717, 1.165) is 87.9 Å². The van der Waals surface area contributed by atoms with Crippen molar-refractivity contribution in [2.75, 3.05) is 66.8 Å². The van der Waals surface area contributed by atoms with Gasteiger partial charge in [-0.05, 0) is 52.9 Å². The number of ether oxygens (including phenoxy) is 1. The largest absolute Gasteiger partial charge is 0.439 e. The summed E-state index contributed by atoms with van der Waals surface area (Å²) in [6, 6.07) is 34.2. The number of anilines is 1. The van der Waals surface area contributed by atoms with Crippen molar-refractivity contribution >= 4 is 22.9 Å². The summed E-state index contributed by atoms with van der Waals surface area (Å²) in [4.78, 5) is 2.34. The number of aryl methyl sites for hydroxylation is 1. The number of nitrogens with zero attached hydrogens (tertiary/aromatic N) is 4. The lowest BCUT2D eigenvalue weighted by molar-refractivity contribution is -0.873. The van der Waals surface area contributed by atoms with E-state index in [4.69, 9.17) is 9.15 Å². The monoisotopic (exact) mass is 643 g/mol. The molecule has 6 rings (SSSR count). The van der Waals surface area contributed by atoms with E-state index in [9.17, 15) is 0 Å². The van der Waals surface area contributed by atoms with Gasteiger partial charge in [0.05, 0.1) is 73.6 Å². The Bertz CT molecular complexity index is 1930. The average molecular weight is 644 g/mol. The van der Waals surface area contributed by atoms with Gasteiger partial charge in [-0.2, -0.15) is 4.57 Å². The fourth-order valence-corrected chi connectivity index (χ4v) is 6.34. The number of aromatic nitrogens is 1. The van der Waals surface area contributed by atoms with Crippen LogP contribution in [0.1, 0.15) is 25.7 Å². The molecule has 0 aliphatic carbocycles. The highest BCUT2D eigenvalue weighted by Crippen LogP contribution is 2.42. The van der Waals surface area contributed by atoms with Crippen LogP contribution in [0.4, 0.5) is 5.69 Å². The molecule has 0 N–H and O–H groups in total. The SMILES string of the molecule is CC(=C/c1oc2ccc(-c3ccccc3)cc2[n+]1CCC[N+](C)(C)C)/C=C1/Oc2ccc(-c3ccccc3)cc2N1CCC[N+](C)(C)C. The normalized spacial score (nSPS) is 14.5. The maximum atomic E-state index is 6.56. The number of quaternary nitrogens is 2. The molecule has 0 amide bonds. The van der Waals surface area contributed by atoms with Crippen molar-refractivity contribution in [2.45, 2.75) is 26.3 Å². The predicted molar refractivity (Wildman–Crippen MR) is 198 cm³/mol. The highest BCUT2D eigenvalue weighted by atomic mass is 16.5. The van der Waals surface area contributed by atoms with E-state index in [1.54, 1.807) is 0 Å². The first-order chi connectivity index (χ1) is 22.9. The summed E-state index contributed by atoms with van der Waals surface area (Å²) in [6.45, 7) is 6.03. The third kappa shape index (κ3) is 8.07. The molecule has 248 valence electrons. The lowest BCUT2D eigenvalue weighted by Gasteiger charge is -2.26. The molecule has 5 aromatic rings. The van der Waals surface area contributed by atoms with Gasteiger partial charge >= 0.3 is 5.89 Å². The minimum atomic E-state index is 0.851. The molecule has 1 aromatic heterocycles. The number of allylic oxidation sites excluding steroid dienone is 2. The highest BCUT2D eigenvalue weighted by molar-refractivity contribution is 5.79. The summed E-state index contributed by atoms with van der Waals surface area (Å²) in [6.07, 6.45) is 6.41. The fraction of sp³-hybridized carbons (Fsp3) is 0.310. The fourth-order valence-electron chi connectivity index (χ4n) is 6.34. The summed E-state index contributed by atoms with van der Waals surface area (Å²) in [5, 5.41) is 0. The van der Waals surface area contributed by atoms with Crippen LogP contribution in [-0.2, 0) is 6.54 Å². The zero-order chi connectivity index (χ0) is 33.9. The van der Waals surface area contributed by atoms with Crippen molar-refractivity contribution in [3.63, 3.8) is 0 Å². The van der Waals surface area contributed by atoms with E-state index >= 15 is 0 Å². The number of fused-ring (bicyclic) bond motifs is 2. The van der Waals surface area contributed by atoms with Gasteiger partial charge < -0.3 is 23.0 Å². The number of hydrogen-bond acceptors (Lipinski definition) is 3. The molecular weight excluding hydrogens is 592 g/mol. The van der Waals surface area contributed by atoms with Crippen LogP contribution in [-0.4, -0.2) is 70.9 Å². The quantitative estimate of drug-likeness (QED) is 0.101. The van der Waals surface area contributed by atoms with Crippen molar-refractivity contribution < 1.29 is 22.7 Å². The molecule has 4 aromatic carbocycles. The lowest BCUT2D eigenvalue weighted by atomic mass is 10.0. The van der Waals surface area contributed by atoms with E-state index in [0.29, 0.717) is 0 Å². The summed E-state index contributed by atoms with van der Waals surface area (Å²) in [7, 11) is 13.5. The number of hydrogen-bond donors (Lipinski definition) is 0. The van der Waals surface area contributed by atoms with Gasteiger partial charge in [0.2, 0.25) is 11.5 Å². The van der Waals surface area contributed by atoms with E-state index in [2.05, 4.69) is 168 Å². The third-order valence-corrected chi connectivity index (χ3v) is 8.80. The Labute approximate surface area is 286 Å². The molecular formula is C42H51N4O2+3. The maximum absolute atomic E-state index is 6.56. The smallest absolute Gasteiger partial charge is 0.374 e. The molecule has 6 nitrogen and oxygen atoms in total. The molecule has 2 heterocycles. The van der Waals surface area contributed by atoms with E-state index in [1.165, 1.54) is 22.3 Å². The minimum absolute atomic E-state index is 0.851. The first-order valence-electron chi connectivity index (χ1n) is 17.1. The van der Waals surface area contributed by atoms with Crippen molar-refractivity contribution in [1.82, 2.24) is 0 Å². The van der Waals surface area contributed by atoms with Crippen molar-refractivity contribution in [1.29, 1.82) is 0 Å². The van der Waals surface area contributed by atoms with Gasteiger partial charge in [-0.15, -0.1) is 0 Å². The Kier molecular flexibility index (Phi) is 9.58. The summed E-state index contributed by atoms with van der Waals surface area (Å²) >= 11 is 0. The molecule has 0 bridgehead atoms. The molecule has 0 radical (unpaired) electrons. The Morgan fingerprint density at radius 2 is 1.31 bits per heavy atom. The first-order valence-corrected chi connectivity index (χ1v) is 17.1. The van der Waals surface area contributed by atoms with Crippen molar-refractivity contribution in [2.24, 2.45) is 0 Å². The van der Waals surface area contributed by atoms with Gasteiger partial charge in [-0.1, -0.05) is 72.8 Å². The van der Waals surface area contributed by atoms with Crippen LogP contribution in [0.15, 0.2) is 119 Å². The van der Waals surface area contributed by atoms with Crippen LogP contribution in [0.2, 0.25) is 0 Å². The molecule has 1 aliphatic rings. The second kappa shape index (κ2) is 13.8. The zero-order valence-corrected chi connectivity index (χ0v) is 29.7. The third-order valence-electron chi connectivity index (χ3n) is 8.80. The van der Waals surface area contributed by atoms with Crippen molar-refractivity contribution in [3.8, 4) is 28.0 Å². The second-order valence-corrected chi connectivity index (χ2v) is 15.0. The molecule has 0 unspecified atom stereocenters. The summed E-state index contributed by atoms with van der Waals surface area (Å²) in [5.41, 5.74) is 8.98. The van der Waals surface area contributed by atoms with Crippen LogP contribution in [0.5, 0.6) is 5.75 Å². The minimum Gasteiger partial charge on any atom is -0.439 e. The molecule has 0 atom stereocenters. The zero-order valence-electron chi connectivity index (χ0n) is 29.7. The molecule has 1 aliphatic heterocycles. The van der Waals surface area contributed by atoms with Gasteiger partial charge in [0, 0.05) is 25.1 Å². The number of oxazole rings is 1. The molecule has 48 heavy (non-hydrogen) atoms. The van der Waals surface area contributed by atoms with Crippen molar-refractivity contribution in [3.05, 3.63) is 120 Å². The van der Waals surface area contributed by atoms with Crippen LogP contribution in [0.3, 0.4) is 0 Å². The second-order valence-electron chi connectivity index (χ2n) is 15.0. The predicted octanol–water partition coefficient (Wildman–Crippen LogP) is 8.39. The Morgan fingerprint density at radius 3 is 1.96 bits per heavy atom. The van der Waals surface area contributed by atoms with Crippen LogP contribution < -0.4 is 14.2 Å². The number of benzene rings is 4. The molecule has 0 saturated carbocycles. The molecule has 0 fully saturated rings. The van der Waals surface area contributed by atoms with E-state index in [-0.39, 0.29) is 0 Å². The van der Waals surface area contributed by atoms with E-state index in [1.807, 2.05) is 0 Å². The summed E-state index contributed by atoms with van der Waals surface area (Å²) in [5.74, 6) is 2.60. The topological polar surface area (TPSA) is 29.5 Å². The van der Waals surface area contributed by atoms with Gasteiger partial charge in [-0.25, -0.2) is 0 Å². The summed E-state index contributed by atoms with van der Waals surface area (Å²) < 4.78 is 17.3.